The summed E-state index contributed by atoms with van der Waals surface area (Å²) in [5.41, 5.74) is 10.7. The van der Waals surface area contributed by atoms with Crippen LogP contribution in [-0.4, -0.2) is 50.8 Å². The summed E-state index contributed by atoms with van der Waals surface area (Å²) in [6.45, 7) is 8.47. The number of hydrogen-bond donors (Lipinski definition) is 4. The number of allylic oxidation sites excluding steroid dienone is 2. The first-order valence-corrected chi connectivity index (χ1v) is 12.7. The number of carbonyl (C=O) groups excluding carboxylic acids is 2. The van der Waals surface area contributed by atoms with Crippen LogP contribution in [0.5, 0.6) is 0 Å². The van der Waals surface area contributed by atoms with Crippen LogP contribution in [0.2, 0.25) is 0 Å². The maximum atomic E-state index is 12.8. The Balaban J connectivity index is 0.000000934. The lowest BCUT2D eigenvalue weighted by Gasteiger charge is -2.39. The Morgan fingerprint density at radius 1 is 1.18 bits per heavy atom. The van der Waals surface area contributed by atoms with Gasteiger partial charge in [0.05, 0.1) is 6.20 Å². The summed E-state index contributed by atoms with van der Waals surface area (Å²) in [6, 6.07) is 7.93. The second-order valence-corrected chi connectivity index (χ2v) is 10.8. The lowest BCUT2D eigenvalue weighted by molar-refractivity contribution is -0.134. The molecule has 5 N–H and O–H groups in total. The van der Waals surface area contributed by atoms with Crippen molar-refractivity contribution in [2.75, 3.05) is 18.4 Å². The first-order valence-electron chi connectivity index (χ1n) is 12.7. The van der Waals surface area contributed by atoms with E-state index in [4.69, 9.17) is 20.9 Å². The number of imidazole rings is 1. The molecule has 2 amide bonds. The van der Waals surface area contributed by atoms with Crippen LogP contribution in [0.3, 0.4) is 0 Å². The van der Waals surface area contributed by atoms with E-state index in [0.29, 0.717) is 31.6 Å². The van der Waals surface area contributed by atoms with E-state index in [1.54, 1.807) is 6.92 Å². The summed E-state index contributed by atoms with van der Waals surface area (Å²) in [6.07, 6.45) is 7.91. The number of rotatable bonds is 4. The molecule has 1 fully saturated rings. The molecule has 0 unspecified atom stereocenters. The molecular formula is C28H36N6O4. The largest absolute Gasteiger partial charge is 0.481 e. The van der Waals surface area contributed by atoms with Gasteiger partial charge in [0.15, 0.2) is 5.82 Å². The van der Waals surface area contributed by atoms with Crippen molar-refractivity contribution < 1.29 is 19.5 Å². The van der Waals surface area contributed by atoms with Gasteiger partial charge < -0.3 is 26.0 Å². The van der Waals surface area contributed by atoms with Crippen molar-refractivity contribution in [1.82, 2.24) is 14.9 Å². The minimum atomic E-state index is -0.833. The fourth-order valence-electron chi connectivity index (χ4n) is 4.73. The molecule has 0 radical (unpaired) electrons. The van der Waals surface area contributed by atoms with E-state index < -0.39 is 17.4 Å². The van der Waals surface area contributed by atoms with Gasteiger partial charge in [0.2, 0.25) is 5.91 Å². The van der Waals surface area contributed by atoms with Crippen molar-refractivity contribution in [3.8, 4) is 6.07 Å². The third kappa shape index (κ3) is 7.07. The maximum absolute atomic E-state index is 12.8. The number of carbonyl (C=O) groups is 3. The second-order valence-electron chi connectivity index (χ2n) is 10.8. The monoisotopic (exact) mass is 520 g/mol. The Labute approximate surface area is 222 Å². The second kappa shape index (κ2) is 11.6. The summed E-state index contributed by atoms with van der Waals surface area (Å²) in [5.74, 6) is -1.06. The molecule has 0 saturated carbocycles. The maximum Gasteiger partial charge on any atom is 0.300 e. The van der Waals surface area contributed by atoms with Gasteiger partial charge in [-0.3, -0.25) is 14.4 Å². The SMILES string of the molecule is CC(=O)N1CCC(N)(c2ccc(NC(=O)c3ncc(C#N)[nH]3)c(C3=CCC(C)(C)CC3)c2)CC1.CC(=O)O. The van der Waals surface area contributed by atoms with Gasteiger partial charge in [0, 0.05) is 43.7 Å². The van der Waals surface area contributed by atoms with Crippen molar-refractivity contribution >= 4 is 29.0 Å². The summed E-state index contributed by atoms with van der Waals surface area (Å²) < 4.78 is 0. The highest BCUT2D eigenvalue weighted by Crippen LogP contribution is 2.41. The highest BCUT2D eigenvalue weighted by atomic mass is 16.4. The molecule has 2 aliphatic rings. The van der Waals surface area contributed by atoms with Crippen LogP contribution < -0.4 is 11.1 Å². The van der Waals surface area contributed by atoms with Crippen molar-refractivity contribution in [2.45, 2.75) is 65.3 Å². The number of aliphatic carboxylic acids is 1. The fraction of sp³-hybridized carbons (Fsp3) is 0.464. The minimum Gasteiger partial charge on any atom is -0.481 e. The van der Waals surface area contributed by atoms with E-state index in [2.05, 4.69) is 41.3 Å². The molecule has 2 aromatic rings. The van der Waals surface area contributed by atoms with Crippen molar-refractivity contribution in [3.05, 3.63) is 53.1 Å². The standard InChI is InChI=1S/C26H32N6O2.C2H4O2/c1-17(33)32-12-10-26(28,11-13-32)19-4-5-22(31-24(34)23-29-16-20(15-27)30-23)21(14-19)18-6-8-25(2,3)9-7-18;1-2(3)4/h4-6,14,16H,7-13,28H2,1-3H3,(H,29,30)(H,31,34);1H3,(H,3,4). The fourth-order valence-corrected chi connectivity index (χ4v) is 4.73. The number of carboxylic acids is 1. The third-order valence-electron chi connectivity index (χ3n) is 7.17. The van der Waals surface area contributed by atoms with Gasteiger partial charge in [-0.25, -0.2) is 4.98 Å². The van der Waals surface area contributed by atoms with Crippen LogP contribution in [0.25, 0.3) is 5.57 Å². The molecule has 1 aliphatic carbocycles. The van der Waals surface area contributed by atoms with Crippen LogP contribution in [0.1, 0.15) is 87.2 Å². The minimum absolute atomic E-state index is 0.0771. The molecule has 202 valence electrons. The van der Waals surface area contributed by atoms with Crippen molar-refractivity contribution in [2.24, 2.45) is 11.1 Å². The number of hydrogen-bond acceptors (Lipinski definition) is 6. The molecule has 0 bridgehead atoms. The number of anilines is 1. The lowest BCUT2D eigenvalue weighted by atomic mass is 9.75. The van der Waals surface area contributed by atoms with Gasteiger partial charge >= 0.3 is 0 Å². The molecule has 0 atom stereocenters. The predicted molar refractivity (Wildman–Crippen MR) is 144 cm³/mol. The molecule has 4 rings (SSSR count). The number of carboxylic acid groups (broad SMARTS) is 1. The Morgan fingerprint density at radius 2 is 1.84 bits per heavy atom. The van der Waals surface area contributed by atoms with Crippen molar-refractivity contribution in [3.63, 3.8) is 0 Å². The van der Waals surface area contributed by atoms with E-state index in [1.807, 2.05) is 23.1 Å². The van der Waals surface area contributed by atoms with Crippen LogP contribution in [0.15, 0.2) is 30.5 Å². The van der Waals surface area contributed by atoms with Gasteiger partial charge in [0.1, 0.15) is 11.8 Å². The Kier molecular flexibility index (Phi) is 8.74. The zero-order valence-electron chi connectivity index (χ0n) is 22.4. The first kappa shape index (κ1) is 28.6. The molecule has 2 heterocycles. The van der Waals surface area contributed by atoms with Crippen LogP contribution in [0.4, 0.5) is 5.69 Å². The molecule has 1 aliphatic heterocycles. The number of H-pyrrole nitrogens is 1. The first-order chi connectivity index (χ1) is 17.8. The number of aromatic amines is 1. The number of nitrogens with one attached hydrogen (secondary N) is 2. The average Bonchev–Trinajstić information content (AvgIpc) is 3.34. The molecule has 0 spiro atoms. The molecule has 38 heavy (non-hydrogen) atoms. The molecule has 10 nitrogen and oxygen atoms in total. The van der Waals surface area contributed by atoms with Gasteiger partial charge in [-0.05, 0) is 60.8 Å². The summed E-state index contributed by atoms with van der Waals surface area (Å²) in [7, 11) is 0. The summed E-state index contributed by atoms with van der Waals surface area (Å²) in [5, 5.41) is 19.4. The van der Waals surface area contributed by atoms with Crippen molar-refractivity contribution in [1.29, 1.82) is 5.26 Å². The molecule has 1 saturated heterocycles. The molecule has 10 heteroatoms. The number of benzene rings is 1. The number of nitrogens with zero attached hydrogens (tertiary/aromatic N) is 3. The number of aromatic nitrogens is 2. The summed E-state index contributed by atoms with van der Waals surface area (Å²) in [4.78, 5) is 42.2. The van der Waals surface area contributed by atoms with E-state index in [1.165, 1.54) is 11.8 Å². The number of nitriles is 1. The zero-order chi connectivity index (χ0) is 28.1. The molecule has 1 aromatic heterocycles. The van der Waals surface area contributed by atoms with Gasteiger partial charge in [-0.2, -0.15) is 5.26 Å². The van der Waals surface area contributed by atoms with Gasteiger partial charge in [0.25, 0.3) is 11.9 Å². The van der Waals surface area contributed by atoms with Crippen LogP contribution in [-0.2, 0) is 15.1 Å². The average molecular weight is 521 g/mol. The zero-order valence-corrected chi connectivity index (χ0v) is 22.4. The Hall–Kier alpha value is -3.97. The quantitative estimate of drug-likeness (QED) is 0.473. The van der Waals surface area contributed by atoms with Crippen LogP contribution in [0, 0.1) is 16.7 Å². The molecular weight excluding hydrogens is 484 g/mol. The number of likely N-dealkylation sites (tertiary alicyclic amines) is 1. The Morgan fingerprint density at radius 3 is 2.37 bits per heavy atom. The number of nitrogens with two attached hydrogens (primary N) is 1. The molecule has 1 aromatic carbocycles. The normalized spacial score (nSPS) is 17.8. The lowest BCUT2D eigenvalue weighted by Crippen LogP contribution is -2.49. The van der Waals surface area contributed by atoms with E-state index >= 15 is 0 Å². The van der Waals surface area contributed by atoms with Crippen LogP contribution >= 0.6 is 0 Å². The van der Waals surface area contributed by atoms with Gasteiger partial charge in [-0.15, -0.1) is 0 Å². The number of piperidine rings is 1. The van der Waals surface area contributed by atoms with E-state index in [9.17, 15) is 9.59 Å². The Bertz CT molecular complexity index is 1270. The van der Waals surface area contributed by atoms with Gasteiger partial charge in [-0.1, -0.05) is 26.0 Å². The predicted octanol–water partition coefficient (Wildman–Crippen LogP) is 4.01. The van der Waals surface area contributed by atoms with E-state index in [-0.39, 0.29) is 22.8 Å². The third-order valence-corrected chi connectivity index (χ3v) is 7.17. The topological polar surface area (TPSA) is 165 Å². The summed E-state index contributed by atoms with van der Waals surface area (Å²) >= 11 is 0. The van der Waals surface area contributed by atoms with E-state index in [0.717, 1.165) is 37.3 Å². The smallest absolute Gasteiger partial charge is 0.300 e. The highest BCUT2D eigenvalue weighted by molar-refractivity contribution is 6.03. The number of amides is 2. The highest BCUT2D eigenvalue weighted by Gasteiger charge is 2.34.